The van der Waals surface area contributed by atoms with E-state index in [1.54, 1.807) is 12.1 Å². The van der Waals surface area contributed by atoms with Gasteiger partial charge in [-0.2, -0.15) is 0 Å². The van der Waals surface area contributed by atoms with Crippen molar-refractivity contribution in [1.29, 1.82) is 0 Å². The fraction of sp³-hybridized carbons (Fsp3) is 0. The first-order valence-electron chi connectivity index (χ1n) is 4.49. The lowest BCUT2D eigenvalue weighted by atomic mass is 10.0. The molecule has 2 N–H and O–H groups in total. The van der Waals surface area contributed by atoms with Crippen molar-refractivity contribution in [1.82, 2.24) is 0 Å². The van der Waals surface area contributed by atoms with E-state index in [0.29, 0.717) is 5.56 Å². The average molecular weight is 258 g/mol. The van der Waals surface area contributed by atoms with Crippen LogP contribution in [0.2, 0.25) is 5.02 Å². The quantitative estimate of drug-likeness (QED) is 0.764. The van der Waals surface area contributed by atoms with Gasteiger partial charge in [0.2, 0.25) is 0 Å². The number of nitrogen functional groups attached to an aromatic ring is 1. The molecule has 0 aliphatic rings. The molecule has 16 heavy (non-hydrogen) atoms. The Balaban J connectivity index is 0.00000128. The van der Waals surface area contributed by atoms with Gasteiger partial charge in [-0.1, -0.05) is 41.9 Å². The molecule has 0 saturated heterocycles. The molecule has 0 saturated carbocycles. The number of nitrogens with two attached hydrogens (primary N) is 1. The highest BCUT2D eigenvalue weighted by Gasteiger charge is 2.10. The predicted molar refractivity (Wildman–Crippen MR) is 68.5 cm³/mol. The molecule has 84 valence electrons. The number of anilines is 1. The maximum absolute atomic E-state index is 13.7. The molecule has 0 aromatic heterocycles. The molecule has 0 amide bonds. The third kappa shape index (κ3) is 2.29. The fourth-order valence-corrected chi connectivity index (χ4v) is 1.56. The molecule has 4 heteroatoms. The molecule has 0 radical (unpaired) electrons. The zero-order valence-corrected chi connectivity index (χ0v) is 9.86. The van der Waals surface area contributed by atoms with E-state index in [1.165, 1.54) is 0 Å². The second kappa shape index (κ2) is 5.19. The van der Waals surface area contributed by atoms with Crippen LogP contribution in [0.15, 0.2) is 42.5 Å². The first-order valence-corrected chi connectivity index (χ1v) is 4.87. The minimum atomic E-state index is -0.464. The van der Waals surface area contributed by atoms with E-state index in [1.807, 2.05) is 30.3 Å². The maximum atomic E-state index is 13.7. The van der Waals surface area contributed by atoms with Crippen LogP contribution in [0.4, 0.5) is 10.1 Å². The second-order valence-electron chi connectivity index (χ2n) is 3.19. The summed E-state index contributed by atoms with van der Waals surface area (Å²) in [6.45, 7) is 0. The van der Waals surface area contributed by atoms with Crippen molar-refractivity contribution in [2.45, 2.75) is 0 Å². The normalized spacial score (nSPS) is 9.62. The van der Waals surface area contributed by atoms with E-state index < -0.39 is 5.82 Å². The summed E-state index contributed by atoms with van der Waals surface area (Å²) in [5, 5.41) is 0.243. The van der Waals surface area contributed by atoms with Gasteiger partial charge in [0.15, 0.2) is 5.82 Å². The zero-order valence-electron chi connectivity index (χ0n) is 8.28. The van der Waals surface area contributed by atoms with Crippen molar-refractivity contribution in [2.75, 3.05) is 5.73 Å². The Morgan fingerprint density at radius 2 is 1.62 bits per heavy atom. The molecule has 0 aliphatic heterocycles. The highest BCUT2D eigenvalue weighted by Crippen LogP contribution is 2.30. The highest BCUT2D eigenvalue weighted by atomic mass is 35.5. The summed E-state index contributed by atoms with van der Waals surface area (Å²) in [6.07, 6.45) is 0. The molecule has 2 aromatic rings. The minimum absolute atomic E-state index is 0. The van der Waals surface area contributed by atoms with Crippen LogP contribution < -0.4 is 5.73 Å². The van der Waals surface area contributed by atoms with Gasteiger partial charge in [0.25, 0.3) is 0 Å². The third-order valence-electron chi connectivity index (χ3n) is 2.21. The van der Waals surface area contributed by atoms with E-state index in [4.69, 9.17) is 17.3 Å². The van der Waals surface area contributed by atoms with E-state index in [0.717, 1.165) is 5.56 Å². The first-order chi connectivity index (χ1) is 7.20. The molecule has 2 aromatic carbocycles. The van der Waals surface area contributed by atoms with Crippen molar-refractivity contribution in [3.05, 3.63) is 53.3 Å². The molecular weight excluding hydrogens is 248 g/mol. The summed E-state index contributed by atoms with van der Waals surface area (Å²) in [5.74, 6) is -0.464. The number of benzene rings is 2. The monoisotopic (exact) mass is 257 g/mol. The smallest absolute Gasteiger partial charge is 0.155 e. The zero-order chi connectivity index (χ0) is 10.8. The Morgan fingerprint density at radius 3 is 2.25 bits per heavy atom. The first kappa shape index (κ1) is 12.8. The standard InChI is InChI=1S/C12H9ClFN.ClH/c13-10-7-6-9(11(14)12(10)15)8-4-2-1-3-5-8;/h1-7H,15H2;1H. The molecule has 0 fully saturated rings. The van der Waals surface area contributed by atoms with Gasteiger partial charge in [0.1, 0.15) is 0 Å². The number of rotatable bonds is 1. The van der Waals surface area contributed by atoms with Gasteiger partial charge >= 0.3 is 0 Å². The van der Waals surface area contributed by atoms with Crippen molar-refractivity contribution in [3.8, 4) is 11.1 Å². The lowest BCUT2D eigenvalue weighted by Crippen LogP contribution is -1.94. The average Bonchev–Trinajstić information content (AvgIpc) is 2.27. The summed E-state index contributed by atoms with van der Waals surface area (Å²) >= 11 is 5.71. The summed E-state index contributed by atoms with van der Waals surface area (Å²) in [7, 11) is 0. The Labute approximate surface area is 104 Å². The summed E-state index contributed by atoms with van der Waals surface area (Å²) in [6, 6.07) is 12.4. The lowest BCUT2D eigenvalue weighted by Gasteiger charge is -2.06. The van der Waals surface area contributed by atoms with Crippen molar-refractivity contribution in [3.63, 3.8) is 0 Å². The van der Waals surface area contributed by atoms with Gasteiger partial charge in [0.05, 0.1) is 10.7 Å². The van der Waals surface area contributed by atoms with Crippen LogP contribution in [-0.4, -0.2) is 0 Å². The van der Waals surface area contributed by atoms with Gasteiger partial charge in [-0.25, -0.2) is 4.39 Å². The Morgan fingerprint density at radius 1 is 1.00 bits per heavy atom. The molecule has 0 atom stereocenters. The number of hydrogen-bond donors (Lipinski definition) is 1. The van der Waals surface area contributed by atoms with Crippen LogP contribution in [-0.2, 0) is 0 Å². The van der Waals surface area contributed by atoms with Crippen molar-refractivity contribution >= 4 is 29.7 Å². The largest absolute Gasteiger partial charge is 0.395 e. The highest BCUT2D eigenvalue weighted by molar-refractivity contribution is 6.33. The molecule has 0 unspecified atom stereocenters. The van der Waals surface area contributed by atoms with Crippen molar-refractivity contribution < 1.29 is 4.39 Å². The van der Waals surface area contributed by atoms with Crippen LogP contribution in [0.3, 0.4) is 0 Å². The summed E-state index contributed by atoms with van der Waals surface area (Å²) < 4.78 is 13.7. The minimum Gasteiger partial charge on any atom is -0.395 e. The van der Waals surface area contributed by atoms with Crippen LogP contribution in [0, 0.1) is 5.82 Å². The Kier molecular flexibility index (Phi) is 4.16. The number of hydrogen-bond acceptors (Lipinski definition) is 1. The molecule has 1 nitrogen and oxygen atoms in total. The summed E-state index contributed by atoms with van der Waals surface area (Å²) in [5.41, 5.74) is 6.77. The van der Waals surface area contributed by atoms with E-state index >= 15 is 0 Å². The van der Waals surface area contributed by atoms with E-state index in [2.05, 4.69) is 0 Å². The van der Waals surface area contributed by atoms with Gasteiger partial charge in [-0.15, -0.1) is 12.4 Å². The molecule has 0 aliphatic carbocycles. The van der Waals surface area contributed by atoms with Gasteiger partial charge in [-0.3, -0.25) is 0 Å². The van der Waals surface area contributed by atoms with Gasteiger partial charge in [0, 0.05) is 5.56 Å². The van der Waals surface area contributed by atoms with Crippen LogP contribution in [0.25, 0.3) is 11.1 Å². The molecule has 0 spiro atoms. The van der Waals surface area contributed by atoms with Crippen molar-refractivity contribution in [2.24, 2.45) is 0 Å². The van der Waals surface area contributed by atoms with Gasteiger partial charge < -0.3 is 5.73 Å². The Hall–Kier alpha value is -1.25. The third-order valence-corrected chi connectivity index (χ3v) is 2.54. The lowest BCUT2D eigenvalue weighted by molar-refractivity contribution is 0.636. The van der Waals surface area contributed by atoms with Gasteiger partial charge in [-0.05, 0) is 17.7 Å². The predicted octanol–water partition coefficient (Wildman–Crippen LogP) is 4.15. The molecule has 2 rings (SSSR count). The van der Waals surface area contributed by atoms with Crippen LogP contribution in [0.1, 0.15) is 0 Å². The van der Waals surface area contributed by atoms with Crippen LogP contribution >= 0.6 is 24.0 Å². The van der Waals surface area contributed by atoms with Crippen LogP contribution in [0.5, 0.6) is 0 Å². The Bertz CT molecular complexity index is 486. The topological polar surface area (TPSA) is 26.0 Å². The molecular formula is C12H10Cl2FN. The van der Waals surface area contributed by atoms with E-state index in [9.17, 15) is 4.39 Å². The molecule has 0 bridgehead atoms. The number of halogens is 3. The van der Waals surface area contributed by atoms with E-state index in [-0.39, 0.29) is 23.1 Å². The maximum Gasteiger partial charge on any atom is 0.155 e. The summed E-state index contributed by atoms with van der Waals surface area (Å²) in [4.78, 5) is 0. The fourth-order valence-electron chi connectivity index (χ4n) is 1.41. The second-order valence-corrected chi connectivity index (χ2v) is 3.60. The SMILES string of the molecule is Cl.Nc1c(Cl)ccc(-c2ccccc2)c1F. The molecule has 0 heterocycles.